The number of aliphatic hydroxyl groups excluding tert-OH is 1. The van der Waals surface area contributed by atoms with Crippen molar-refractivity contribution in [2.75, 3.05) is 31.6 Å². The Balaban J connectivity index is 1.62. The van der Waals surface area contributed by atoms with Crippen molar-refractivity contribution in [3.05, 3.63) is 23.8 Å². The van der Waals surface area contributed by atoms with Crippen LogP contribution in [-0.2, 0) is 4.79 Å². The Morgan fingerprint density at radius 1 is 1.52 bits per heavy atom. The third-order valence-corrected chi connectivity index (χ3v) is 5.33. The van der Waals surface area contributed by atoms with Crippen molar-refractivity contribution in [1.29, 1.82) is 0 Å². The first-order valence-corrected chi connectivity index (χ1v) is 8.79. The lowest BCUT2D eigenvalue weighted by Crippen LogP contribution is -2.46. The van der Waals surface area contributed by atoms with E-state index in [1.807, 2.05) is 19.1 Å². The number of fused-ring (bicyclic) bond motifs is 1. The Morgan fingerprint density at radius 2 is 2.35 bits per heavy atom. The average molecular weight is 333 g/mol. The molecule has 1 amide bonds. The van der Waals surface area contributed by atoms with Gasteiger partial charge in [-0.3, -0.25) is 9.69 Å². The Hall–Kier alpha value is -1.50. The molecule has 6 heteroatoms. The van der Waals surface area contributed by atoms with Crippen LogP contribution < -0.4 is 5.32 Å². The number of aromatic nitrogens is 1. The first-order valence-electron chi connectivity index (χ1n) is 7.98. The number of thiazole rings is 1. The monoisotopic (exact) mass is 333 g/mol. The number of anilines is 1. The SMILES string of the molecule is Cc1ccc2nc(NC(=O)CN3CCCC(C)(CO)C3)sc2c1. The molecule has 0 spiro atoms. The molecule has 1 unspecified atom stereocenters. The third kappa shape index (κ3) is 3.88. The summed E-state index contributed by atoms with van der Waals surface area (Å²) in [5, 5.41) is 13.1. The van der Waals surface area contributed by atoms with Crippen LogP contribution in [0.5, 0.6) is 0 Å². The van der Waals surface area contributed by atoms with Crippen molar-refractivity contribution < 1.29 is 9.90 Å². The first-order chi connectivity index (χ1) is 11.0. The van der Waals surface area contributed by atoms with Crippen LogP contribution in [0.15, 0.2) is 18.2 Å². The van der Waals surface area contributed by atoms with E-state index in [1.165, 1.54) is 16.9 Å². The second-order valence-electron chi connectivity index (χ2n) is 6.82. The minimum Gasteiger partial charge on any atom is -0.396 e. The van der Waals surface area contributed by atoms with Gasteiger partial charge in [0, 0.05) is 18.6 Å². The number of aliphatic hydroxyl groups is 1. The number of carbonyl (C=O) groups is 1. The Labute approximate surface area is 140 Å². The number of carbonyl (C=O) groups excluding carboxylic acids is 1. The molecule has 1 fully saturated rings. The van der Waals surface area contributed by atoms with Crippen LogP contribution in [-0.4, -0.2) is 47.1 Å². The minimum atomic E-state index is -0.0914. The lowest BCUT2D eigenvalue weighted by Gasteiger charge is -2.38. The molecule has 1 aliphatic heterocycles. The molecule has 5 nitrogen and oxygen atoms in total. The highest BCUT2D eigenvalue weighted by molar-refractivity contribution is 7.22. The van der Waals surface area contributed by atoms with Gasteiger partial charge in [-0.2, -0.15) is 0 Å². The van der Waals surface area contributed by atoms with Crippen LogP contribution in [0.4, 0.5) is 5.13 Å². The highest BCUT2D eigenvalue weighted by Gasteiger charge is 2.31. The van der Waals surface area contributed by atoms with Gasteiger partial charge in [-0.05, 0) is 44.0 Å². The van der Waals surface area contributed by atoms with E-state index in [0.29, 0.717) is 11.7 Å². The van der Waals surface area contributed by atoms with Crippen molar-refractivity contribution in [2.24, 2.45) is 5.41 Å². The van der Waals surface area contributed by atoms with Crippen LogP contribution in [0.3, 0.4) is 0 Å². The second kappa shape index (κ2) is 6.55. The van der Waals surface area contributed by atoms with Crippen molar-refractivity contribution in [3.8, 4) is 0 Å². The largest absolute Gasteiger partial charge is 0.396 e. The Bertz CT molecular complexity index is 715. The van der Waals surface area contributed by atoms with Crippen LogP contribution >= 0.6 is 11.3 Å². The maximum Gasteiger partial charge on any atom is 0.240 e. The molecular formula is C17H23N3O2S. The predicted molar refractivity (Wildman–Crippen MR) is 93.9 cm³/mol. The molecule has 0 saturated carbocycles. The maximum absolute atomic E-state index is 12.3. The molecular weight excluding hydrogens is 310 g/mol. The van der Waals surface area contributed by atoms with Crippen molar-refractivity contribution in [3.63, 3.8) is 0 Å². The molecule has 124 valence electrons. The van der Waals surface area contributed by atoms with E-state index in [9.17, 15) is 9.90 Å². The summed E-state index contributed by atoms with van der Waals surface area (Å²) < 4.78 is 1.09. The Morgan fingerprint density at radius 3 is 3.13 bits per heavy atom. The topological polar surface area (TPSA) is 65.5 Å². The van der Waals surface area contributed by atoms with E-state index in [0.717, 1.165) is 36.1 Å². The van der Waals surface area contributed by atoms with Gasteiger partial charge in [0.15, 0.2) is 5.13 Å². The highest BCUT2D eigenvalue weighted by Crippen LogP contribution is 2.29. The van der Waals surface area contributed by atoms with Gasteiger partial charge in [-0.25, -0.2) is 4.98 Å². The molecule has 1 atom stereocenters. The van der Waals surface area contributed by atoms with E-state index in [4.69, 9.17) is 0 Å². The zero-order valence-corrected chi connectivity index (χ0v) is 14.4. The number of benzene rings is 1. The molecule has 0 aliphatic carbocycles. The quantitative estimate of drug-likeness (QED) is 0.903. The van der Waals surface area contributed by atoms with Gasteiger partial charge in [0.25, 0.3) is 0 Å². The second-order valence-corrected chi connectivity index (χ2v) is 7.85. The van der Waals surface area contributed by atoms with Gasteiger partial charge in [0.2, 0.25) is 5.91 Å². The number of rotatable bonds is 4. The normalized spacial score (nSPS) is 22.4. The van der Waals surface area contributed by atoms with Crippen LogP contribution in [0.1, 0.15) is 25.3 Å². The van der Waals surface area contributed by atoms with Crippen molar-refractivity contribution in [1.82, 2.24) is 9.88 Å². The van der Waals surface area contributed by atoms with Gasteiger partial charge < -0.3 is 10.4 Å². The number of nitrogens with zero attached hydrogens (tertiary/aromatic N) is 2. The highest BCUT2D eigenvalue weighted by atomic mass is 32.1. The van der Waals surface area contributed by atoms with Gasteiger partial charge >= 0.3 is 0 Å². The van der Waals surface area contributed by atoms with Gasteiger partial charge in [-0.15, -0.1) is 0 Å². The summed E-state index contributed by atoms with van der Waals surface area (Å²) in [6.07, 6.45) is 2.03. The molecule has 0 radical (unpaired) electrons. The Kier molecular flexibility index (Phi) is 4.66. The van der Waals surface area contributed by atoms with Crippen LogP contribution in [0.2, 0.25) is 0 Å². The smallest absolute Gasteiger partial charge is 0.240 e. The fourth-order valence-electron chi connectivity index (χ4n) is 3.14. The van der Waals surface area contributed by atoms with Gasteiger partial charge in [0.1, 0.15) is 0 Å². The summed E-state index contributed by atoms with van der Waals surface area (Å²) in [5.74, 6) is -0.0389. The fourth-order valence-corrected chi connectivity index (χ4v) is 4.12. The van der Waals surface area contributed by atoms with E-state index >= 15 is 0 Å². The maximum atomic E-state index is 12.3. The average Bonchev–Trinajstić information content (AvgIpc) is 2.88. The third-order valence-electron chi connectivity index (χ3n) is 4.40. The van der Waals surface area contributed by atoms with Crippen LogP contribution in [0, 0.1) is 12.3 Å². The summed E-state index contributed by atoms with van der Waals surface area (Å²) in [5.41, 5.74) is 2.02. The molecule has 23 heavy (non-hydrogen) atoms. The minimum absolute atomic E-state index is 0.0389. The number of piperidine rings is 1. The van der Waals surface area contributed by atoms with E-state index in [2.05, 4.69) is 28.2 Å². The molecule has 1 aromatic carbocycles. The summed E-state index contributed by atoms with van der Waals surface area (Å²) in [6, 6.07) is 6.09. The van der Waals surface area contributed by atoms with E-state index in [1.54, 1.807) is 0 Å². The zero-order valence-electron chi connectivity index (χ0n) is 13.6. The standard InChI is InChI=1S/C17H23N3O2S/c1-12-4-5-13-14(8-12)23-16(18-13)19-15(22)9-20-7-3-6-17(2,10-20)11-21/h4-5,8,21H,3,6-7,9-11H2,1-2H3,(H,18,19,22). The molecule has 2 heterocycles. The molecule has 1 aromatic heterocycles. The van der Waals surface area contributed by atoms with Gasteiger partial charge in [0.05, 0.1) is 16.8 Å². The number of hydrogen-bond acceptors (Lipinski definition) is 5. The molecule has 3 rings (SSSR count). The van der Waals surface area contributed by atoms with E-state index in [-0.39, 0.29) is 17.9 Å². The number of aryl methyl sites for hydroxylation is 1. The molecule has 2 N–H and O–H groups in total. The summed E-state index contributed by atoms with van der Waals surface area (Å²) in [6.45, 7) is 6.31. The lowest BCUT2D eigenvalue weighted by molar-refractivity contribution is -0.118. The zero-order chi connectivity index (χ0) is 16.4. The first kappa shape index (κ1) is 16.4. The molecule has 0 bridgehead atoms. The number of hydrogen-bond donors (Lipinski definition) is 2. The van der Waals surface area contributed by atoms with Crippen molar-refractivity contribution in [2.45, 2.75) is 26.7 Å². The lowest BCUT2D eigenvalue weighted by atomic mass is 9.83. The number of amides is 1. The van der Waals surface area contributed by atoms with Gasteiger partial charge in [-0.1, -0.05) is 24.3 Å². The molecule has 1 aliphatic rings. The van der Waals surface area contributed by atoms with Crippen molar-refractivity contribution >= 4 is 32.6 Å². The summed E-state index contributed by atoms with van der Waals surface area (Å²) in [7, 11) is 0. The molecule has 1 saturated heterocycles. The van der Waals surface area contributed by atoms with Crippen LogP contribution in [0.25, 0.3) is 10.2 Å². The summed E-state index contributed by atoms with van der Waals surface area (Å²) >= 11 is 1.50. The fraction of sp³-hybridized carbons (Fsp3) is 0.529. The number of nitrogens with one attached hydrogen (secondary N) is 1. The summed E-state index contributed by atoms with van der Waals surface area (Å²) in [4.78, 5) is 18.9. The number of likely N-dealkylation sites (tertiary alicyclic amines) is 1. The van der Waals surface area contributed by atoms with E-state index < -0.39 is 0 Å². The molecule has 2 aromatic rings. The predicted octanol–water partition coefficient (Wildman–Crippen LogP) is 2.64.